The molecule has 2 heterocycles. The van der Waals surface area contributed by atoms with Crippen LogP contribution in [0.25, 0.3) is 0 Å². The lowest BCUT2D eigenvalue weighted by Crippen LogP contribution is -2.51. The van der Waals surface area contributed by atoms with Gasteiger partial charge in [0.25, 0.3) is 0 Å². The third-order valence-corrected chi connectivity index (χ3v) is 7.65. The molecule has 0 aromatic heterocycles. The molecule has 4 rings (SSSR count). The summed E-state index contributed by atoms with van der Waals surface area (Å²) in [6.45, 7) is 11.3. The molecule has 0 atom stereocenters. The van der Waals surface area contributed by atoms with E-state index in [1.54, 1.807) is 0 Å². The minimum atomic E-state index is 0.546. The molecule has 4 aliphatic rings. The molecular weight excluding hydrogens is 308 g/mol. The lowest BCUT2D eigenvalue weighted by Gasteiger charge is -2.52. The van der Waals surface area contributed by atoms with E-state index in [0.717, 1.165) is 5.92 Å². The summed E-state index contributed by atoms with van der Waals surface area (Å²) in [5, 5.41) is 0. The maximum Gasteiger partial charge on any atom is 0.0603 e. The van der Waals surface area contributed by atoms with Crippen LogP contribution in [0, 0.1) is 16.7 Å². The second-order valence-electron chi connectivity index (χ2n) is 10.5. The molecule has 3 nitrogen and oxygen atoms in total. The quantitative estimate of drug-likeness (QED) is 0.716. The summed E-state index contributed by atoms with van der Waals surface area (Å²) in [5.74, 6) is 0.855. The van der Waals surface area contributed by atoms with Gasteiger partial charge in [-0.05, 0) is 94.7 Å². The van der Waals surface area contributed by atoms with Crippen molar-refractivity contribution >= 4 is 0 Å². The van der Waals surface area contributed by atoms with Gasteiger partial charge >= 0.3 is 0 Å². The van der Waals surface area contributed by atoms with Crippen LogP contribution in [0.4, 0.5) is 0 Å². The Morgan fingerprint density at radius 1 is 0.920 bits per heavy atom. The van der Waals surface area contributed by atoms with Gasteiger partial charge in [0.1, 0.15) is 0 Å². The lowest BCUT2D eigenvalue weighted by atomic mass is 9.61. The number of ether oxygens (including phenoxy) is 1. The molecule has 2 saturated carbocycles. The van der Waals surface area contributed by atoms with Gasteiger partial charge in [0, 0.05) is 19.6 Å². The van der Waals surface area contributed by atoms with E-state index in [9.17, 15) is 0 Å². The number of nitrogens with zero attached hydrogens (tertiary/aromatic N) is 2. The van der Waals surface area contributed by atoms with E-state index in [-0.39, 0.29) is 0 Å². The van der Waals surface area contributed by atoms with E-state index in [0.29, 0.717) is 23.0 Å². The topological polar surface area (TPSA) is 15.7 Å². The Balaban J connectivity index is 1.14. The van der Waals surface area contributed by atoms with Gasteiger partial charge in [-0.1, -0.05) is 13.8 Å². The fourth-order valence-electron chi connectivity index (χ4n) is 5.92. The summed E-state index contributed by atoms with van der Waals surface area (Å²) >= 11 is 0. The minimum Gasteiger partial charge on any atom is -0.375 e. The van der Waals surface area contributed by atoms with Crippen LogP contribution in [0.15, 0.2) is 0 Å². The highest BCUT2D eigenvalue weighted by molar-refractivity contribution is 4.99. The van der Waals surface area contributed by atoms with Crippen LogP contribution in [0.1, 0.15) is 71.6 Å². The summed E-state index contributed by atoms with van der Waals surface area (Å²) in [5.41, 5.74) is 1.35. The first-order valence-electron chi connectivity index (χ1n) is 11.0. The van der Waals surface area contributed by atoms with Gasteiger partial charge in [-0.15, -0.1) is 0 Å². The summed E-state index contributed by atoms with van der Waals surface area (Å²) < 4.78 is 6.50. The molecule has 25 heavy (non-hydrogen) atoms. The van der Waals surface area contributed by atoms with Crippen LogP contribution < -0.4 is 0 Å². The van der Waals surface area contributed by atoms with Crippen LogP contribution in [0.3, 0.4) is 0 Å². The van der Waals surface area contributed by atoms with E-state index in [2.05, 4.69) is 30.7 Å². The van der Waals surface area contributed by atoms with Crippen molar-refractivity contribution in [3.05, 3.63) is 0 Å². The zero-order chi connectivity index (χ0) is 17.5. The second-order valence-corrected chi connectivity index (χ2v) is 10.5. The zero-order valence-electron chi connectivity index (χ0n) is 16.9. The molecule has 2 aliphatic heterocycles. The molecule has 0 aromatic carbocycles. The normalized spacial score (nSPS) is 30.7. The van der Waals surface area contributed by atoms with Crippen LogP contribution in [-0.2, 0) is 4.74 Å². The first-order valence-corrected chi connectivity index (χ1v) is 11.0. The summed E-state index contributed by atoms with van der Waals surface area (Å²) in [6, 6.07) is 0. The number of hydrogen-bond acceptors (Lipinski definition) is 3. The Morgan fingerprint density at radius 3 is 2.12 bits per heavy atom. The van der Waals surface area contributed by atoms with Crippen molar-refractivity contribution in [2.75, 3.05) is 39.8 Å². The van der Waals surface area contributed by atoms with Crippen LogP contribution in [0.5, 0.6) is 0 Å². The second kappa shape index (κ2) is 7.13. The average molecular weight is 349 g/mol. The fraction of sp³-hybridized carbons (Fsp3) is 1.00. The highest BCUT2D eigenvalue weighted by atomic mass is 16.5. The van der Waals surface area contributed by atoms with Crippen molar-refractivity contribution in [1.82, 2.24) is 9.80 Å². The predicted octanol–water partition coefficient (Wildman–Crippen LogP) is 4.17. The van der Waals surface area contributed by atoms with E-state index in [1.165, 1.54) is 90.5 Å². The molecule has 0 amide bonds. The van der Waals surface area contributed by atoms with Crippen molar-refractivity contribution in [1.29, 1.82) is 0 Å². The van der Waals surface area contributed by atoms with E-state index in [4.69, 9.17) is 4.74 Å². The molecule has 0 N–H and O–H groups in total. The van der Waals surface area contributed by atoms with Crippen LogP contribution >= 0.6 is 0 Å². The van der Waals surface area contributed by atoms with Crippen molar-refractivity contribution in [3.63, 3.8) is 0 Å². The van der Waals surface area contributed by atoms with Gasteiger partial charge in [0.2, 0.25) is 0 Å². The van der Waals surface area contributed by atoms with E-state index in [1.807, 2.05) is 0 Å². The molecule has 0 radical (unpaired) electrons. The lowest BCUT2D eigenvalue weighted by molar-refractivity contribution is -0.141. The molecule has 0 unspecified atom stereocenters. The molecule has 3 heteroatoms. The molecule has 2 aliphatic carbocycles. The summed E-state index contributed by atoms with van der Waals surface area (Å²) in [7, 11) is 2.26. The maximum atomic E-state index is 6.50. The Labute approximate surface area is 155 Å². The summed E-state index contributed by atoms with van der Waals surface area (Å²) in [4.78, 5) is 5.23. The monoisotopic (exact) mass is 348 g/mol. The third kappa shape index (κ3) is 4.42. The first-order chi connectivity index (χ1) is 12.0. The zero-order valence-corrected chi connectivity index (χ0v) is 16.9. The molecule has 0 aromatic rings. The van der Waals surface area contributed by atoms with Gasteiger partial charge in [-0.3, -0.25) is 0 Å². The van der Waals surface area contributed by atoms with Gasteiger partial charge in [-0.2, -0.15) is 0 Å². The fourth-order valence-corrected chi connectivity index (χ4v) is 5.92. The Hall–Kier alpha value is -0.120. The minimum absolute atomic E-state index is 0.546. The number of hydrogen-bond donors (Lipinski definition) is 0. The van der Waals surface area contributed by atoms with E-state index >= 15 is 0 Å². The average Bonchev–Trinajstić information content (AvgIpc) is 3.28. The smallest absolute Gasteiger partial charge is 0.0603 e. The van der Waals surface area contributed by atoms with E-state index < -0.39 is 0 Å². The Bertz CT molecular complexity index is 435. The van der Waals surface area contributed by atoms with Crippen LogP contribution in [0.2, 0.25) is 0 Å². The van der Waals surface area contributed by atoms with Crippen molar-refractivity contribution in [2.45, 2.75) is 83.8 Å². The highest BCUT2D eigenvalue weighted by Crippen LogP contribution is 2.52. The SMILES string of the molecule is CC(C)CC1(CN2CCC(OC3CC4(CCN(C)CC4)C3)CC2)CC1. The molecule has 0 bridgehead atoms. The Kier molecular flexibility index (Phi) is 5.20. The van der Waals surface area contributed by atoms with Gasteiger partial charge in [0.05, 0.1) is 12.2 Å². The highest BCUT2D eigenvalue weighted by Gasteiger charge is 2.47. The van der Waals surface area contributed by atoms with Crippen molar-refractivity contribution in [3.8, 4) is 0 Å². The van der Waals surface area contributed by atoms with Gasteiger partial charge in [0.15, 0.2) is 0 Å². The Morgan fingerprint density at radius 2 is 1.56 bits per heavy atom. The molecule has 144 valence electrons. The molecular formula is C22H40N2O. The van der Waals surface area contributed by atoms with Crippen LogP contribution in [-0.4, -0.2) is 61.8 Å². The van der Waals surface area contributed by atoms with Gasteiger partial charge < -0.3 is 14.5 Å². The predicted molar refractivity (Wildman–Crippen MR) is 104 cm³/mol. The third-order valence-electron chi connectivity index (χ3n) is 7.65. The molecule has 4 fully saturated rings. The number of rotatable bonds is 6. The largest absolute Gasteiger partial charge is 0.375 e. The number of likely N-dealkylation sites (tertiary alicyclic amines) is 2. The standard InChI is InChI=1S/C22H40N2O/c1-18(2)14-22(6-7-22)17-24-10-4-19(5-11-24)25-20-15-21(16-20)8-12-23(3)13-9-21/h18-20H,4-17H2,1-3H3. The first kappa shape index (κ1) is 18.3. The number of piperidine rings is 2. The van der Waals surface area contributed by atoms with Crippen molar-refractivity contribution < 1.29 is 4.74 Å². The molecule has 2 saturated heterocycles. The van der Waals surface area contributed by atoms with Crippen molar-refractivity contribution in [2.24, 2.45) is 16.7 Å². The molecule has 1 spiro atoms. The summed E-state index contributed by atoms with van der Waals surface area (Å²) in [6.07, 6.45) is 13.5. The maximum absolute atomic E-state index is 6.50. The van der Waals surface area contributed by atoms with Gasteiger partial charge in [-0.25, -0.2) is 0 Å².